The number of rotatable bonds is 1. The number of methoxy groups -OCH3 is 1. The van der Waals surface area contributed by atoms with Crippen molar-refractivity contribution in [3.05, 3.63) is 22.5 Å². The van der Waals surface area contributed by atoms with Crippen LogP contribution in [-0.2, 0) is 14.3 Å². The Labute approximate surface area is 125 Å². The Morgan fingerprint density at radius 3 is 2.76 bits per heavy atom. The molecule has 1 N–H and O–H groups in total. The second-order valence-electron chi connectivity index (χ2n) is 6.88. The summed E-state index contributed by atoms with van der Waals surface area (Å²) in [6, 6.07) is 0. The monoisotopic (exact) mass is 292 g/mol. The van der Waals surface area contributed by atoms with E-state index >= 15 is 0 Å². The summed E-state index contributed by atoms with van der Waals surface area (Å²) >= 11 is 0. The van der Waals surface area contributed by atoms with Crippen LogP contribution in [0.15, 0.2) is 22.5 Å². The summed E-state index contributed by atoms with van der Waals surface area (Å²) in [5.41, 5.74) is 3.09. The number of ether oxygens (including phenoxy) is 2. The minimum atomic E-state index is -0.726. The van der Waals surface area contributed by atoms with Crippen molar-refractivity contribution in [1.82, 2.24) is 0 Å². The number of allylic oxidation sites excluding steroid dienone is 1. The molecule has 0 radical (unpaired) electrons. The molecule has 0 aromatic carbocycles. The molecular weight excluding hydrogens is 268 g/mol. The lowest BCUT2D eigenvalue weighted by molar-refractivity contribution is -0.134. The van der Waals surface area contributed by atoms with Crippen molar-refractivity contribution < 1.29 is 19.4 Å². The van der Waals surface area contributed by atoms with Crippen LogP contribution < -0.4 is 0 Å². The number of fused-ring (bicyclic) bond motifs is 1. The van der Waals surface area contributed by atoms with Gasteiger partial charge in [0.2, 0.25) is 0 Å². The van der Waals surface area contributed by atoms with E-state index in [1.54, 1.807) is 0 Å². The summed E-state index contributed by atoms with van der Waals surface area (Å²) in [5.74, 6) is 0.731. The molecule has 0 aromatic heterocycles. The molecule has 0 unspecified atom stereocenters. The zero-order valence-electron chi connectivity index (χ0n) is 13.2. The SMILES string of the molecule is CO[C@H]1C[C@H](O)C2=C(C[C@H]3C(=C(C)C)CC[C@@]3(C)O2)C1=O. The molecule has 116 valence electrons. The van der Waals surface area contributed by atoms with Gasteiger partial charge in [0.15, 0.2) is 5.78 Å². The van der Waals surface area contributed by atoms with Crippen molar-refractivity contribution in [3.63, 3.8) is 0 Å². The first-order valence-electron chi connectivity index (χ1n) is 7.70. The number of carbonyl (C=O) groups excluding carboxylic acids is 1. The molecule has 0 bridgehead atoms. The highest BCUT2D eigenvalue weighted by molar-refractivity contribution is 6.00. The number of aliphatic hydroxyl groups excluding tert-OH is 1. The fourth-order valence-electron chi connectivity index (χ4n) is 4.08. The van der Waals surface area contributed by atoms with Crippen LogP contribution >= 0.6 is 0 Å². The van der Waals surface area contributed by atoms with Crippen molar-refractivity contribution in [2.24, 2.45) is 5.92 Å². The van der Waals surface area contributed by atoms with E-state index in [9.17, 15) is 9.90 Å². The van der Waals surface area contributed by atoms with E-state index in [0.717, 1.165) is 12.8 Å². The molecule has 1 heterocycles. The first-order chi connectivity index (χ1) is 9.87. The first kappa shape index (κ1) is 14.8. The minimum Gasteiger partial charge on any atom is -0.488 e. The first-order valence-corrected chi connectivity index (χ1v) is 7.70. The third-order valence-electron chi connectivity index (χ3n) is 5.35. The predicted molar refractivity (Wildman–Crippen MR) is 78.7 cm³/mol. The maximum atomic E-state index is 12.5. The molecule has 0 spiro atoms. The van der Waals surface area contributed by atoms with Crippen LogP contribution in [0.4, 0.5) is 0 Å². The maximum Gasteiger partial charge on any atom is 0.191 e. The molecule has 3 aliphatic rings. The number of hydrogen-bond donors (Lipinski definition) is 1. The highest BCUT2D eigenvalue weighted by Gasteiger charge is 2.52. The lowest BCUT2D eigenvalue weighted by Gasteiger charge is -2.43. The zero-order valence-corrected chi connectivity index (χ0v) is 13.2. The molecule has 3 rings (SSSR count). The van der Waals surface area contributed by atoms with Crippen LogP contribution in [0.2, 0.25) is 0 Å². The van der Waals surface area contributed by atoms with Gasteiger partial charge in [-0.15, -0.1) is 0 Å². The van der Waals surface area contributed by atoms with E-state index in [2.05, 4.69) is 20.8 Å². The molecule has 21 heavy (non-hydrogen) atoms. The average Bonchev–Trinajstić information content (AvgIpc) is 2.77. The molecule has 4 nitrogen and oxygen atoms in total. The molecule has 1 aliphatic heterocycles. The Bertz CT molecular complexity index is 541. The van der Waals surface area contributed by atoms with Crippen LogP contribution in [0.1, 0.15) is 46.5 Å². The van der Waals surface area contributed by atoms with Gasteiger partial charge >= 0.3 is 0 Å². The molecule has 4 atom stereocenters. The zero-order chi connectivity index (χ0) is 15.4. The summed E-state index contributed by atoms with van der Waals surface area (Å²) in [6.45, 7) is 6.36. The topological polar surface area (TPSA) is 55.8 Å². The molecule has 2 aliphatic carbocycles. The number of Topliss-reactive ketones (excluding diaryl/α,β-unsaturated/α-hetero) is 1. The second-order valence-corrected chi connectivity index (χ2v) is 6.88. The smallest absolute Gasteiger partial charge is 0.191 e. The third-order valence-corrected chi connectivity index (χ3v) is 5.35. The Morgan fingerprint density at radius 1 is 1.43 bits per heavy atom. The fraction of sp³-hybridized carbons (Fsp3) is 0.706. The third kappa shape index (κ3) is 2.16. The summed E-state index contributed by atoms with van der Waals surface area (Å²) < 4.78 is 11.4. The molecule has 0 amide bonds. The largest absolute Gasteiger partial charge is 0.488 e. The van der Waals surface area contributed by atoms with Gasteiger partial charge in [0.05, 0.1) is 0 Å². The van der Waals surface area contributed by atoms with Crippen LogP contribution in [0.3, 0.4) is 0 Å². The minimum absolute atomic E-state index is 0.0140. The van der Waals surface area contributed by atoms with E-state index in [-0.39, 0.29) is 17.3 Å². The number of aliphatic hydroxyl groups is 1. The lowest BCUT2D eigenvalue weighted by Crippen LogP contribution is -2.46. The van der Waals surface area contributed by atoms with Crippen molar-refractivity contribution in [1.29, 1.82) is 0 Å². The lowest BCUT2D eigenvalue weighted by atomic mass is 9.76. The highest BCUT2D eigenvalue weighted by atomic mass is 16.5. The summed E-state index contributed by atoms with van der Waals surface area (Å²) in [5, 5.41) is 10.3. The van der Waals surface area contributed by atoms with Crippen LogP contribution in [0.25, 0.3) is 0 Å². The molecule has 4 heteroatoms. The molecule has 0 aromatic rings. The predicted octanol–water partition coefficient (Wildman–Crippen LogP) is 2.51. The number of hydrogen-bond acceptors (Lipinski definition) is 4. The van der Waals surface area contributed by atoms with E-state index in [0.29, 0.717) is 24.2 Å². The van der Waals surface area contributed by atoms with Crippen LogP contribution in [0.5, 0.6) is 0 Å². The summed E-state index contributed by atoms with van der Waals surface area (Å²) in [6.07, 6.45) is 1.66. The van der Waals surface area contributed by atoms with E-state index in [4.69, 9.17) is 9.47 Å². The van der Waals surface area contributed by atoms with E-state index in [1.165, 1.54) is 18.3 Å². The highest BCUT2D eigenvalue weighted by Crippen LogP contribution is 2.52. The summed E-state index contributed by atoms with van der Waals surface area (Å²) in [4.78, 5) is 12.5. The summed E-state index contributed by atoms with van der Waals surface area (Å²) in [7, 11) is 1.52. The van der Waals surface area contributed by atoms with Gasteiger partial charge in [-0.05, 0) is 40.0 Å². The fourth-order valence-corrected chi connectivity index (χ4v) is 4.08. The van der Waals surface area contributed by atoms with Gasteiger partial charge in [0.1, 0.15) is 23.6 Å². The van der Waals surface area contributed by atoms with Gasteiger partial charge in [-0.3, -0.25) is 4.79 Å². The van der Waals surface area contributed by atoms with Crippen molar-refractivity contribution in [2.45, 2.75) is 64.3 Å². The molecule has 0 saturated heterocycles. The van der Waals surface area contributed by atoms with Gasteiger partial charge in [-0.1, -0.05) is 11.1 Å². The Kier molecular flexibility index (Phi) is 3.49. The van der Waals surface area contributed by atoms with Gasteiger partial charge in [-0.2, -0.15) is 0 Å². The Balaban J connectivity index is 2.01. The normalized spacial score (nSPS) is 39.0. The second kappa shape index (κ2) is 4.96. The number of carbonyl (C=O) groups is 1. The van der Waals surface area contributed by atoms with E-state index < -0.39 is 12.2 Å². The standard InChI is InChI=1S/C17H24O4/c1-9(2)10-5-6-17(3)12(10)7-11-15(19)14(20-4)8-13(18)16(11)21-17/h12-14,18H,5-8H2,1-4H3/t12-,13-,14-,17+/m0/s1. The van der Waals surface area contributed by atoms with Gasteiger partial charge in [-0.25, -0.2) is 0 Å². The Morgan fingerprint density at radius 2 is 2.14 bits per heavy atom. The van der Waals surface area contributed by atoms with Crippen LogP contribution in [-0.4, -0.2) is 35.8 Å². The molecular formula is C17H24O4. The van der Waals surface area contributed by atoms with E-state index in [1.807, 2.05) is 0 Å². The van der Waals surface area contributed by atoms with Gasteiger partial charge in [0, 0.05) is 25.0 Å². The van der Waals surface area contributed by atoms with Crippen molar-refractivity contribution in [2.75, 3.05) is 7.11 Å². The van der Waals surface area contributed by atoms with Crippen LogP contribution in [0, 0.1) is 5.92 Å². The van der Waals surface area contributed by atoms with Gasteiger partial charge < -0.3 is 14.6 Å². The molecule has 1 fully saturated rings. The van der Waals surface area contributed by atoms with Gasteiger partial charge in [0.25, 0.3) is 0 Å². The molecule has 1 saturated carbocycles. The quantitative estimate of drug-likeness (QED) is 0.755. The van der Waals surface area contributed by atoms with Crippen molar-refractivity contribution in [3.8, 4) is 0 Å². The maximum absolute atomic E-state index is 12.5. The average molecular weight is 292 g/mol. The Hall–Kier alpha value is -1.13. The van der Waals surface area contributed by atoms with Crippen molar-refractivity contribution >= 4 is 5.78 Å². The number of ketones is 1.